The van der Waals surface area contributed by atoms with Crippen LogP contribution in [-0.4, -0.2) is 43.1 Å². The van der Waals surface area contributed by atoms with E-state index in [0.29, 0.717) is 19.1 Å². The first-order valence-corrected chi connectivity index (χ1v) is 7.99. The van der Waals surface area contributed by atoms with Crippen LogP contribution in [0.4, 0.5) is 0 Å². The Labute approximate surface area is 139 Å². The summed E-state index contributed by atoms with van der Waals surface area (Å²) in [6.07, 6.45) is 3.59. The second kappa shape index (κ2) is 10.5. The molecule has 124 valence electrons. The maximum Gasteiger partial charge on any atom is 0.226 e. The van der Waals surface area contributed by atoms with E-state index in [2.05, 4.69) is 17.1 Å². The topological polar surface area (TPSA) is 41.6 Å². The molecule has 0 atom stereocenters. The minimum Gasteiger partial charge on any atom is -0.493 e. The molecule has 0 aliphatic carbocycles. The highest BCUT2D eigenvalue weighted by Gasteiger charge is 2.24. The second-order valence-electron chi connectivity index (χ2n) is 5.48. The molecule has 1 fully saturated rings. The fourth-order valence-electron chi connectivity index (χ4n) is 2.79. The van der Waals surface area contributed by atoms with E-state index in [1.54, 1.807) is 0 Å². The molecule has 1 heterocycles. The third kappa shape index (κ3) is 5.85. The number of nitrogens with one attached hydrogen (secondary N) is 1. The van der Waals surface area contributed by atoms with Gasteiger partial charge in [0.05, 0.1) is 13.0 Å². The molecule has 1 aliphatic heterocycles. The Balaban J connectivity index is 0.00000242. The first-order chi connectivity index (χ1) is 10.3. The highest BCUT2D eigenvalue weighted by Crippen LogP contribution is 2.14. The summed E-state index contributed by atoms with van der Waals surface area (Å²) in [5.41, 5.74) is 0. The molecule has 1 saturated heterocycles. The summed E-state index contributed by atoms with van der Waals surface area (Å²) in [5.74, 6) is 1.05. The lowest BCUT2D eigenvalue weighted by Gasteiger charge is -2.34. The zero-order chi connectivity index (χ0) is 14.9. The van der Waals surface area contributed by atoms with Crippen molar-refractivity contribution in [3.8, 4) is 5.75 Å². The van der Waals surface area contributed by atoms with Crippen LogP contribution in [0.2, 0.25) is 0 Å². The number of nitrogens with zero attached hydrogens (tertiary/aromatic N) is 1. The number of hydrogen-bond acceptors (Lipinski definition) is 3. The zero-order valence-electron chi connectivity index (χ0n) is 13.3. The van der Waals surface area contributed by atoms with Crippen LogP contribution in [-0.2, 0) is 4.79 Å². The van der Waals surface area contributed by atoms with Gasteiger partial charge < -0.3 is 15.0 Å². The average Bonchev–Trinajstić information content (AvgIpc) is 2.54. The van der Waals surface area contributed by atoms with E-state index in [-0.39, 0.29) is 18.3 Å². The lowest BCUT2D eigenvalue weighted by atomic mass is 10.0. The van der Waals surface area contributed by atoms with Gasteiger partial charge in [0.1, 0.15) is 5.75 Å². The van der Waals surface area contributed by atoms with Gasteiger partial charge in [0.2, 0.25) is 5.91 Å². The number of carbonyl (C=O) groups is 1. The quantitative estimate of drug-likeness (QED) is 0.837. The van der Waals surface area contributed by atoms with Gasteiger partial charge in [0.25, 0.3) is 0 Å². The van der Waals surface area contributed by atoms with Crippen molar-refractivity contribution >= 4 is 18.3 Å². The van der Waals surface area contributed by atoms with Gasteiger partial charge in [0, 0.05) is 12.6 Å². The molecule has 0 bridgehead atoms. The first kappa shape index (κ1) is 18.8. The van der Waals surface area contributed by atoms with E-state index in [1.165, 1.54) is 0 Å². The van der Waals surface area contributed by atoms with Gasteiger partial charge in [-0.15, -0.1) is 12.4 Å². The van der Waals surface area contributed by atoms with E-state index >= 15 is 0 Å². The molecule has 1 aromatic carbocycles. The molecular weight excluding hydrogens is 300 g/mol. The Morgan fingerprint density at radius 2 is 1.95 bits per heavy atom. The normalized spacial score (nSPS) is 15.0. The minimum absolute atomic E-state index is 0. The van der Waals surface area contributed by atoms with Gasteiger partial charge in [-0.3, -0.25) is 4.79 Å². The molecular formula is C17H27ClN2O2. The standard InChI is InChI=1S/C17H26N2O2.ClH/c1-2-13-19(15-8-11-18-12-9-15)17(20)10-14-21-16-6-4-3-5-7-16;/h3-7,15,18H,2,8-14H2,1H3;1H. The molecule has 2 rings (SSSR count). The van der Waals surface area contributed by atoms with E-state index in [9.17, 15) is 4.79 Å². The van der Waals surface area contributed by atoms with Crippen molar-refractivity contribution in [3.63, 3.8) is 0 Å². The van der Waals surface area contributed by atoms with Crippen LogP contribution in [0.3, 0.4) is 0 Å². The van der Waals surface area contributed by atoms with Crippen molar-refractivity contribution in [1.29, 1.82) is 0 Å². The average molecular weight is 327 g/mol. The Bertz CT molecular complexity index is 422. The fraction of sp³-hybridized carbons (Fsp3) is 0.588. The number of rotatable bonds is 7. The number of carbonyl (C=O) groups excluding carboxylic acids is 1. The van der Waals surface area contributed by atoms with Gasteiger partial charge in [-0.25, -0.2) is 0 Å². The maximum atomic E-state index is 12.4. The highest BCUT2D eigenvalue weighted by atomic mass is 35.5. The molecule has 0 saturated carbocycles. The molecule has 0 radical (unpaired) electrons. The lowest BCUT2D eigenvalue weighted by Crippen LogP contribution is -2.46. The van der Waals surface area contributed by atoms with Crippen LogP contribution in [0.15, 0.2) is 30.3 Å². The number of halogens is 1. The minimum atomic E-state index is 0. The third-order valence-electron chi connectivity index (χ3n) is 3.86. The van der Waals surface area contributed by atoms with E-state index < -0.39 is 0 Å². The Kier molecular flexibility index (Phi) is 8.94. The number of piperidine rings is 1. The number of benzene rings is 1. The molecule has 1 N–H and O–H groups in total. The fourth-order valence-corrected chi connectivity index (χ4v) is 2.79. The van der Waals surface area contributed by atoms with Crippen molar-refractivity contribution in [2.24, 2.45) is 0 Å². The molecule has 22 heavy (non-hydrogen) atoms. The molecule has 1 aromatic rings. The van der Waals surface area contributed by atoms with Crippen molar-refractivity contribution < 1.29 is 9.53 Å². The van der Waals surface area contributed by atoms with Crippen LogP contribution in [0, 0.1) is 0 Å². The summed E-state index contributed by atoms with van der Waals surface area (Å²) < 4.78 is 5.63. The predicted octanol–water partition coefficient (Wildman–Crippen LogP) is 2.87. The number of para-hydroxylation sites is 1. The van der Waals surface area contributed by atoms with Gasteiger partial charge in [-0.2, -0.15) is 0 Å². The summed E-state index contributed by atoms with van der Waals surface area (Å²) in [4.78, 5) is 14.5. The lowest BCUT2D eigenvalue weighted by molar-refractivity contribution is -0.134. The van der Waals surface area contributed by atoms with E-state index in [0.717, 1.165) is 44.6 Å². The summed E-state index contributed by atoms with van der Waals surface area (Å²) >= 11 is 0. The number of amides is 1. The molecule has 5 heteroatoms. The van der Waals surface area contributed by atoms with Gasteiger partial charge >= 0.3 is 0 Å². The zero-order valence-corrected chi connectivity index (χ0v) is 14.1. The first-order valence-electron chi connectivity index (χ1n) is 7.99. The van der Waals surface area contributed by atoms with Crippen molar-refractivity contribution in [1.82, 2.24) is 10.2 Å². The molecule has 0 spiro atoms. The third-order valence-corrected chi connectivity index (χ3v) is 3.86. The summed E-state index contributed by atoms with van der Waals surface area (Å²) in [6.45, 7) is 5.46. The number of ether oxygens (including phenoxy) is 1. The molecule has 0 unspecified atom stereocenters. The van der Waals surface area contributed by atoms with Crippen LogP contribution < -0.4 is 10.1 Å². The van der Waals surface area contributed by atoms with Gasteiger partial charge in [-0.1, -0.05) is 25.1 Å². The Morgan fingerprint density at radius 3 is 2.59 bits per heavy atom. The van der Waals surface area contributed by atoms with Crippen molar-refractivity contribution in [3.05, 3.63) is 30.3 Å². The van der Waals surface area contributed by atoms with Gasteiger partial charge in [0.15, 0.2) is 0 Å². The van der Waals surface area contributed by atoms with Crippen LogP contribution in [0.1, 0.15) is 32.6 Å². The second-order valence-corrected chi connectivity index (χ2v) is 5.48. The summed E-state index contributed by atoms with van der Waals surface area (Å²) in [7, 11) is 0. The van der Waals surface area contributed by atoms with Crippen LogP contribution >= 0.6 is 12.4 Å². The predicted molar refractivity (Wildman–Crippen MR) is 91.7 cm³/mol. The van der Waals surface area contributed by atoms with E-state index in [4.69, 9.17) is 4.74 Å². The summed E-state index contributed by atoms with van der Waals surface area (Å²) in [5, 5.41) is 3.35. The number of hydrogen-bond donors (Lipinski definition) is 1. The van der Waals surface area contributed by atoms with Crippen molar-refractivity contribution in [2.45, 2.75) is 38.6 Å². The smallest absolute Gasteiger partial charge is 0.226 e. The molecule has 0 aromatic heterocycles. The SMILES string of the molecule is CCCN(C(=O)CCOc1ccccc1)C1CCNCC1.Cl. The molecule has 4 nitrogen and oxygen atoms in total. The Hall–Kier alpha value is -1.26. The van der Waals surface area contributed by atoms with Crippen molar-refractivity contribution in [2.75, 3.05) is 26.2 Å². The summed E-state index contributed by atoms with van der Waals surface area (Å²) in [6, 6.07) is 10.1. The van der Waals surface area contributed by atoms with E-state index in [1.807, 2.05) is 30.3 Å². The molecule has 1 amide bonds. The van der Waals surface area contributed by atoms with Crippen LogP contribution in [0.25, 0.3) is 0 Å². The highest BCUT2D eigenvalue weighted by molar-refractivity contribution is 5.85. The monoisotopic (exact) mass is 326 g/mol. The van der Waals surface area contributed by atoms with Crippen LogP contribution in [0.5, 0.6) is 5.75 Å². The van der Waals surface area contributed by atoms with Gasteiger partial charge in [-0.05, 0) is 44.5 Å². The largest absolute Gasteiger partial charge is 0.493 e. The molecule has 1 aliphatic rings. The Morgan fingerprint density at radius 1 is 1.27 bits per heavy atom. The maximum absolute atomic E-state index is 12.4.